The lowest BCUT2D eigenvalue weighted by Gasteiger charge is -2.31. The molecule has 0 spiro atoms. The smallest absolute Gasteiger partial charge is 0.263 e. The van der Waals surface area contributed by atoms with E-state index in [4.69, 9.17) is 5.26 Å². The van der Waals surface area contributed by atoms with Crippen LogP contribution in [0.3, 0.4) is 0 Å². The van der Waals surface area contributed by atoms with Gasteiger partial charge in [0.15, 0.2) is 0 Å². The Morgan fingerprint density at radius 3 is 2.55 bits per heavy atom. The van der Waals surface area contributed by atoms with Crippen LogP contribution >= 0.6 is 11.8 Å². The van der Waals surface area contributed by atoms with Gasteiger partial charge in [-0.1, -0.05) is 48.5 Å². The summed E-state index contributed by atoms with van der Waals surface area (Å²) in [5.74, 6) is 0.643. The van der Waals surface area contributed by atoms with Crippen LogP contribution in [0.25, 0.3) is 21.9 Å². The summed E-state index contributed by atoms with van der Waals surface area (Å²) >= 11 is 1.63. The molecule has 0 unspecified atom stereocenters. The molecule has 3 aromatic carbocycles. The maximum Gasteiger partial charge on any atom is 0.265 e. The Kier molecular flexibility index (Phi) is 4.89. The van der Waals surface area contributed by atoms with E-state index in [0.29, 0.717) is 33.8 Å². The number of nitrogens with zero attached hydrogens (tertiary/aromatic N) is 3. The van der Waals surface area contributed by atoms with Crippen LogP contribution in [0.2, 0.25) is 0 Å². The van der Waals surface area contributed by atoms with Crippen LogP contribution in [-0.4, -0.2) is 25.7 Å². The van der Waals surface area contributed by atoms with Crippen LogP contribution in [0.4, 0.5) is 5.69 Å². The highest BCUT2D eigenvalue weighted by Crippen LogP contribution is 2.43. The molecule has 0 saturated heterocycles. The van der Waals surface area contributed by atoms with E-state index in [2.05, 4.69) is 11.1 Å². The number of thioether (sulfide) groups is 1. The molecule has 152 valence electrons. The van der Waals surface area contributed by atoms with E-state index in [-0.39, 0.29) is 0 Å². The van der Waals surface area contributed by atoms with Crippen LogP contribution in [0.5, 0.6) is 0 Å². The fourth-order valence-corrected chi connectivity index (χ4v) is 6.81. The van der Waals surface area contributed by atoms with Crippen molar-refractivity contribution >= 4 is 38.2 Å². The number of benzene rings is 3. The standard InChI is InChI=1S/C24H17N3O2S2/c25-14-17-8-10-19(11-9-17)21-15-26-16-22-24(21)30-13-12-27(22)31(28,29)23-7-3-5-18-4-1-2-6-20(18)23/h1-11,15-16H,12-13H2. The second-order valence-electron chi connectivity index (χ2n) is 7.13. The van der Waals surface area contributed by atoms with E-state index < -0.39 is 10.0 Å². The van der Waals surface area contributed by atoms with Gasteiger partial charge in [-0.15, -0.1) is 11.8 Å². The van der Waals surface area contributed by atoms with Crippen LogP contribution in [0.15, 0.2) is 88.9 Å². The van der Waals surface area contributed by atoms with Crippen molar-refractivity contribution in [1.29, 1.82) is 5.26 Å². The van der Waals surface area contributed by atoms with Gasteiger partial charge in [0.25, 0.3) is 10.0 Å². The number of rotatable bonds is 3. The van der Waals surface area contributed by atoms with Crippen LogP contribution in [-0.2, 0) is 10.0 Å². The predicted molar refractivity (Wildman–Crippen MR) is 124 cm³/mol. The third kappa shape index (κ3) is 3.34. The summed E-state index contributed by atoms with van der Waals surface area (Å²) in [6, 6.07) is 22.2. The molecule has 1 aliphatic rings. The molecule has 5 nitrogen and oxygen atoms in total. The van der Waals surface area contributed by atoms with Gasteiger partial charge in [0, 0.05) is 34.3 Å². The normalized spacial score (nSPS) is 13.6. The van der Waals surface area contributed by atoms with Crippen molar-refractivity contribution in [1.82, 2.24) is 4.98 Å². The van der Waals surface area contributed by atoms with Crippen LogP contribution < -0.4 is 4.31 Å². The van der Waals surface area contributed by atoms with Gasteiger partial charge in [0.1, 0.15) is 0 Å². The highest BCUT2D eigenvalue weighted by Gasteiger charge is 2.32. The van der Waals surface area contributed by atoms with Crippen molar-refractivity contribution in [2.24, 2.45) is 0 Å². The summed E-state index contributed by atoms with van der Waals surface area (Å²) in [4.78, 5) is 5.53. The van der Waals surface area contributed by atoms with Gasteiger partial charge in [-0.25, -0.2) is 8.42 Å². The van der Waals surface area contributed by atoms with Gasteiger partial charge in [0.05, 0.1) is 28.4 Å². The van der Waals surface area contributed by atoms with Gasteiger partial charge in [0.2, 0.25) is 0 Å². The first-order valence-electron chi connectivity index (χ1n) is 9.71. The molecule has 0 fully saturated rings. The first-order chi connectivity index (χ1) is 15.1. The molecular weight excluding hydrogens is 426 g/mol. The summed E-state index contributed by atoms with van der Waals surface area (Å²) in [7, 11) is -3.77. The SMILES string of the molecule is N#Cc1ccc(-c2cncc3c2SCCN3S(=O)(=O)c2cccc3ccccc23)cc1. The third-order valence-electron chi connectivity index (χ3n) is 5.33. The lowest BCUT2D eigenvalue weighted by atomic mass is 10.1. The number of pyridine rings is 1. The summed E-state index contributed by atoms with van der Waals surface area (Å²) < 4.78 is 29.0. The molecule has 1 aliphatic heterocycles. The van der Waals surface area contributed by atoms with E-state index in [1.54, 1.807) is 48.4 Å². The van der Waals surface area contributed by atoms with Gasteiger partial charge in [-0.05, 0) is 29.1 Å². The number of hydrogen-bond acceptors (Lipinski definition) is 5. The van der Waals surface area contributed by atoms with Crippen LogP contribution in [0.1, 0.15) is 5.56 Å². The van der Waals surface area contributed by atoms with Gasteiger partial charge >= 0.3 is 0 Å². The summed E-state index contributed by atoms with van der Waals surface area (Å²) in [5.41, 5.74) is 2.94. The average Bonchev–Trinajstić information content (AvgIpc) is 2.83. The Hall–Kier alpha value is -3.34. The molecule has 0 radical (unpaired) electrons. The van der Waals surface area contributed by atoms with Gasteiger partial charge < -0.3 is 0 Å². The average molecular weight is 444 g/mol. The highest BCUT2D eigenvalue weighted by atomic mass is 32.2. The second-order valence-corrected chi connectivity index (χ2v) is 10.1. The Morgan fingerprint density at radius 2 is 1.74 bits per heavy atom. The van der Waals surface area contributed by atoms with Gasteiger partial charge in [-0.2, -0.15) is 5.26 Å². The monoisotopic (exact) mass is 443 g/mol. The molecule has 0 bridgehead atoms. The van der Waals surface area contributed by atoms with E-state index >= 15 is 0 Å². The topological polar surface area (TPSA) is 74.1 Å². The zero-order valence-corrected chi connectivity index (χ0v) is 18.0. The van der Waals surface area contributed by atoms with Crippen molar-refractivity contribution in [2.45, 2.75) is 9.79 Å². The van der Waals surface area contributed by atoms with Crippen molar-refractivity contribution in [2.75, 3.05) is 16.6 Å². The predicted octanol–water partition coefficient (Wildman–Crippen LogP) is 5.07. The summed E-state index contributed by atoms with van der Waals surface area (Å²) in [6.45, 7) is 0.377. The summed E-state index contributed by atoms with van der Waals surface area (Å²) in [5, 5.41) is 10.7. The molecule has 7 heteroatoms. The molecule has 0 saturated carbocycles. The minimum absolute atomic E-state index is 0.298. The van der Waals surface area contributed by atoms with Crippen molar-refractivity contribution in [3.63, 3.8) is 0 Å². The minimum atomic E-state index is -3.77. The van der Waals surface area contributed by atoms with E-state index in [9.17, 15) is 8.42 Å². The Bertz CT molecular complexity index is 1440. The number of anilines is 1. The maximum absolute atomic E-state index is 13.7. The Labute approximate surface area is 185 Å². The van der Waals surface area contributed by atoms with Crippen LogP contribution in [0, 0.1) is 11.3 Å². The van der Waals surface area contributed by atoms with E-state index in [1.807, 2.05) is 42.5 Å². The molecular formula is C24H17N3O2S2. The first-order valence-corrected chi connectivity index (χ1v) is 12.1. The van der Waals surface area contributed by atoms with Crippen molar-refractivity contribution in [3.05, 3.63) is 84.7 Å². The molecule has 0 N–H and O–H groups in total. The minimum Gasteiger partial charge on any atom is -0.263 e. The largest absolute Gasteiger partial charge is 0.265 e. The number of fused-ring (bicyclic) bond motifs is 2. The number of hydrogen-bond donors (Lipinski definition) is 0. The van der Waals surface area contributed by atoms with E-state index in [0.717, 1.165) is 21.4 Å². The molecule has 2 heterocycles. The molecule has 0 amide bonds. The highest BCUT2D eigenvalue weighted by molar-refractivity contribution is 8.00. The molecule has 0 atom stereocenters. The number of aromatic nitrogens is 1. The zero-order valence-electron chi connectivity index (χ0n) is 16.4. The van der Waals surface area contributed by atoms with Crippen molar-refractivity contribution in [3.8, 4) is 17.2 Å². The lowest BCUT2D eigenvalue weighted by molar-refractivity contribution is 0.592. The summed E-state index contributed by atoms with van der Waals surface area (Å²) in [6.07, 6.45) is 3.37. The quantitative estimate of drug-likeness (QED) is 0.442. The molecule has 5 rings (SSSR count). The fourth-order valence-electron chi connectivity index (χ4n) is 3.84. The number of sulfonamides is 1. The Balaban J connectivity index is 1.64. The fraction of sp³-hybridized carbons (Fsp3) is 0.0833. The molecule has 1 aromatic heterocycles. The molecule has 0 aliphatic carbocycles. The second kappa shape index (κ2) is 7.73. The molecule has 4 aromatic rings. The van der Waals surface area contributed by atoms with E-state index in [1.165, 1.54) is 4.31 Å². The zero-order chi connectivity index (χ0) is 21.4. The number of nitriles is 1. The van der Waals surface area contributed by atoms with Crippen molar-refractivity contribution < 1.29 is 8.42 Å². The Morgan fingerprint density at radius 1 is 0.968 bits per heavy atom. The first kappa shape index (κ1) is 19.6. The molecule has 31 heavy (non-hydrogen) atoms. The lowest BCUT2D eigenvalue weighted by Crippen LogP contribution is -2.35. The third-order valence-corrected chi connectivity index (χ3v) is 8.31. The van der Waals surface area contributed by atoms with Gasteiger partial charge in [-0.3, -0.25) is 9.29 Å². The maximum atomic E-state index is 13.7.